The van der Waals surface area contributed by atoms with Gasteiger partial charge in [0.2, 0.25) is 11.8 Å². The topological polar surface area (TPSA) is 91.5 Å². The van der Waals surface area contributed by atoms with E-state index in [0.29, 0.717) is 25.7 Å². The van der Waals surface area contributed by atoms with E-state index in [1.807, 2.05) is 51.6 Å². The van der Waals surface area contributed by atoms with Crippen molar-refractivity contribution in [2.24, 2.45) is 0 Å². The molecule has 4 rings (SSSR count). The van der Waals surface area contributed by atoms with E-state index in [0.717, 1.165) is 3.11 Å². The summed E-state index contributed by atoms with van der Waals surface area (Å²) in [4.78, 5) is 47.4. The van der Waals surface area contributed by atoms with Crippen molar-refractivity contribution in [1.29, 1.82) is 0 Å². The Morgan fingerprint density at radius 3 is 1.57 bits per heavy atom. The van der Waals surface area contributed by atoms with Crippen LogP contribution in [0.15, 0.2) is 61.2 Å². The van der Waals surface area contributed by atoms with Crippen LogP contribution in [0.2, 0.25) is 0 Å². The molecule has 28 heavy (non-hydrogen) atoms. The molecule has 4 amide bonds. The van der Waals surface area contributed by atoms with Crippen LogP contribution in [0.3, 0.4) is 0 Å². The molecule has 0 aromatic carbocycles. The maximum atomic E-state index is 11.3. The average molecular weight is 608 g/mol. The first kappa shape index (κ1) is 22.3. The van der Waals surface area contributed by atoms with Gasteiger partial charge in [0.1, 0.15) is 0 Å². The minimum absolute atomic E-state index is 0.0286. The molecule has 4 heterocycles. The Bertz CT molecular complexity index is 762. The third kappa shape index (κ3) is 7.22. The van der Waals surface area contributed by atoms with Gasteiger partial charge in [0, 0.05) is 25.2 Å². The number of rotatable bonds is 2. The Balaban J connectivity index is 0.000000169. The van der Waals surface area contributed by atoms with Crippen LogP contribution in [-0.2, 0) is 19.2 Å². The molecule has 2 aromatic heterocycles. The molecule has 2 fully saturated rings. The minimum atomic E-state index is -0.706. The van der Waals surface area contributed by atoms with E-state index in [9.17, 15) is 19.2 Å². The predicted octanol–water partition coefficient (Wildman–Crippen LogP) is -1.54. The Morgan fingerprint density at radius 2 is 1.21 bits per heavy atom. The van der Waals surface area contributed by atoms with E-state index in [2.05, 4.69) is 4.98 Å². The Kier molecular flexibility index (Phi) is 9.40. The van der Waals surface area contributed by atoms with Crippen LogP contribution in [0.25, 0.3) is 0 Å². The van der Waals surface area contributed by atoms with Gasteiger partial charge < -0.3 is 0 Å². The number of nitrogens with zero attached hydrogens (tertiary/aromatic N) is 4. The molecule has 0 radical (unpaired) electrons. The van der Waals surface area contributed by atoms with Crippen LogP contribution < -0.4 is 24.5 Å². The SMILES string of the molecule is O=C1CCC(=O)N1I.O=C1CCC(=O)N1[I-][n+]1ccccc1.c1ccncc1. The van der Waals surface area contributed by atoms with Crippen molar-refractivity contribution in [1.82, 2.24) is 11.2 Å². The fraction of sp³-hybridized carbons (Fsp3) is 0.222. The van der Waals surface area contributed by atoms with Gasteiger partial charge in [-0.25, -0.2) is 3.11 Å². The third-order valence-corrected chi connectivity index (χ3v) is 7.12. The van der Waals surface area contributed by atoms with Crippen molar-refractivity contribution in [2.45, 2.75) is 25.7 Å². The van der Waals surface area contributed by atoms with E-state index in [1.54, 1.807) is 35.3 Å². The molecular weight excluding hydrogens is 590 g/mol. The summed E-state index contributed by atoms with van der Waals surface area (Å²) in [6, 6.07) is 11.4. The Hall–Kier alpha value is -1.96. The van der Waals surface area contributed by atoms with Gasteiger partial charge in [-0.15, -0.1) is 0 Å². The first-order valence-corrected chi connectivity index (χ1v) is 11.2. The summed E-state index contributed by atoms with van der Waals surface area (Å²) in [5.41, 5.74) is 0. The van der Waals surface area contributed by atoms with E-state index < -0.39 is 21.8 Å². The zero-order valence-corrected chi connectivity index (χ0v) is 19.1. The molecule has 2 aromatic rings. The van der Waals surface area contributed by atoms with Crippen LogP contribution in [0.4, 0.5) is 0 Å². The number of halogens is 2. The van der Waals surface area contributed by atoms with Crippen molar-refractivity contribution in [3.8, 4) is 0 Å². The number of pyridine rings is 2. The fourth-order valence-corrected chi connectivity index (χ4v) is 4.61. The van der Waals surface area contributed by atoms with Crippen molar-refractivity contribution >= 4 is 46.5 Å². The molecule has 8 nitrogen and oxygen atoms in total. The number of hydrogen-bond donors (Lipinski definition) is 0. The van der Waals surface area contributed by atoms with Gasteiger partial charge in [-0.1, -0.05) is 6.07 Å². The normalized spacial score (nSPS) is 15.9. The van der Waals surface area contributed by atoms with Crippen LogP contribution in [0.1, 0.15) is 25.7 Å². The van der Waals surface area contributed by atoms with Crippen LogP contribution in [-0.4, -0.2) is 34.8 Å². The molecule has 0 spiro atoms. The van der Waals surface area contributed by atoms with Gasteiger partial charge in [-0.2, -0.15) is 0 Å². The van der Waals surface area contributed by atoms with Gasteiger partial charge in [0.05, 0.1) is 22.9 Å². The number of hydrogen-bond acceptors (Lipinski definition) is 5. The van der Waals surface area contributed by atoms with Crippen LogP contribution in [0, 0.1) is 0 Å². The quantitative estimate of drug-likeness (QED) is 0.234. The monoisotopic (exact) mass is 608 g/mol. The third-order valence-electron chi connectivity index (χ3n) is 3.39. The molecule has 148 valence electrons. The summed E-state index contributed by atoms with van der Waals surface area (Å²) in [6.45, 7) is 0. The van der Waals surface area contributed by atoms with Gasteiger partial charge in [-0.05, 0) is 12.1 Å². The van der Waals surface area contributed by atoms with Crippen LogP contribution in [0.5, 0.6) is 0 Å². The summed E-state index contributed by atoms with van der Waals surface area (Å²) >= 11 is 1.01. The fourth-order valence-electron chi connectivity index (χ4n) is 2.01. The van der Waals surface area contributed by atoms with Crippen LogP contribution >= 0.6 is 22.9 Å². The molecule has 0 saturated carbocycles. The number of carbonyl (C=O) groups is 4. The van der Waals surface area contributed by atoms with Gasteiger partial charge in [0.15, 0.2) is 0 Å². The Labute approximate surface area is 187 Å². The molecule has 10 heteroatoms. The van der Waals surface area contributed by atoms with Crippen molar-refractivity contribution in [2.75, 3.05) is 0 Å². The number of imide groups is 2. The molecular formula is C18H18I2N4O4. The second-order valence-corrected chi connectivity index (χ2v) is 8.93. The van der Waals surface area contributed by atoms with Gasteiger partial charge >= 0.3 is 92.5 Å². The first-order valence-electron chi connectivity index (χ1n) is 8.33. The summed E-state index contributed by atoms with van der Waals surface area (Å²) in [7, 11) is 0. The predicted molar refractivity (Wildman–Crippen MR) is 102 cm³/mol. The summed E-state index contributed by atoms with van der Waals surface area (Å²) in [6.07, 6.45) is 8.81. The molecule has 0 N–H and O–H groups in total. The molecule has 0 aliphatic carbocycles. The Morgan fingerprint density at radius 1 is 0.750 bits per heavy atom. The van der Waals surface area contributed by atoms with Gasteiger partial charge in [-0.3, -0.25) is 14.6 Å². The van der Waals surface area contributed by atoms with Crippen molar-refractivity contribution < 1.29 is 43.7 Å². The molecule has 2 aliphatic rings. The zero-order chi connectivity index (χ0) is 20.4. The summed E-state index contributed by atoms with van der Waals surface area (Å²) in [5.74, 6) is -0.204. The smallest absolute Gasteiger partial charge is 0.0267 e. The van der Waals surface area contributed by atoms with Crippen molar-refractivity contribution in [3.63, 3.8) is 0 Å². The zero-order valence-electron chi connectivity index (χ0n) is 14.8. The minimum Gasteiger partial charge on any atom is -0.265 e. The summed E-state index contributed by atoms with van der Waals surface area (Å²) < 4.78 is 4.46. The maximum absolute atomic E-state index is 11.3. The van der Waals surface area contributed by atoms with E-state index in [-0.39, 0.29) is 23.6 Å². The van der Waals surface area contributed by atoms with E-state index >= 15 is 0 Å². The van der Waals surface area contributed by atoms with Crippen molar-refractivity contribution in [3.05, 3.63) is 61.2 Å². The molecule has 0 unspecified atom stereocenters. The molecule has 2 aliphatic heterocycles. The standard InChI is InChI=1S/C9H9IN2O2.C5H5N.C4H4INO2/c13-8-4-5-9(14)12(8)10-11-6-2-1-3-7-11;1-2-4-6-5-3-1;5-6-3(7)1-2-4(6)8/h1-3,6-7H,4-5H2;1-5H;1-2H2. The molecule has 2 saturated heterocycles. The van der Waals surface area contributed by atoms with Gasteiger partial charge in [0.25, 0.3) is 0 Å². The first-order chi connectivity index (χ1) is 13.5. The number of aromatic nitrogens is 2. The number of carbonyl (C=O) groups excluding carboxylic acids is 4. The average Bonchev–Trinajstić information content (AvgIpc) is 3.21. The van der Waals surface area contributed by atoms with E-state index in [4.69, 9.17) is 0 Å². The molecule has 0 atom stereocenters. The second-order valence-electron chi connectivity index (χ2n) is 5.46. The molecule has 0 bridgehead atoms. The summed E-state index contributed by atoms with van der Waals surface area (Å²) in [5, 5.41) is 0. The largest absolute Gasteiger partial charge is 0.265 e. The maximum Gasteiger partial charge on any atom is 0.0267 e. The second kappa shape index (κ2) is 11.8. The van der Waals surface area contributed by atoms with E-state index in [1.165, 1.54) is 3.11 Å². The number of amides is 4.